The summed E-state index contributed by atoms with van der Waals surface area (Å²) in [6, 6.07) is 3.62. The Bertz CT molecular complexity index is 439. The molecule has 0 unspecified atom stereocenters. The molecule has 0 aliphatic heterocycles. The SMILES string of the molecule is CCOc1ccc2nc(OC)cn2n1. The highest BCUT2D eigenvalue weighted by Gasteiger charge is 2.03. The number of aromatic nitrogens is 3. The first kappa shape index (κ1) is 8.80. The molecule has 0 aliphatic rings. The highest BCUT2D eigenvalue weighted by atomic mass is 16.5. The average molecular weight is 193 g/mol. The number of nitrogens with zero attached hydrogens (tertiary/aromatic N) is 3. The molecule has 74 valence electrons. The van der Waals surface area contributed by atoms with Gasteiger partial charge in [0, 0.05) is 6.07 Å². The first-order valence-corrected chi connectivity index (χ1v) is 4.36. The summed E-state index contributed by atoms with van der Waals surface area (Å²) in [7, 11) is 1.57. The van der Waals surface area contributed by atoms with Crippen molar-refractivity contribution < 1.29 is 9.47 Å². The van der Waals surface area contributed by atoms with Crippen molar-refractivity contribution in [2.45, 2.75) is 6.92 Å². The summed E-state index contributed by atoms with van der Waals surface area (Å²) in [5, 5.41) is 4.19. The minimum Gasteiger partial charge on any atom is -0.480 e. The smallest absolute Gasteiger partial charge is 0.234 e. The molecule has 0 atom stereocenters. The molecular formula is C9H11N3O2. The fourth-order valence-electron chi connectivity index (χ4n) is 1.17. The predicted octanol–water partition coefficient (Wildman–Crippen LogP) is 1.14. The van der Waals surface area contributed by atoms with E-state index in [0.717, 1.165) is 5.65 Å². The number of rotatable bonds is 3. The second-order valence-corrected chi connectivity index (χ2v) is 2.69. The van der Waals surface area contributed by atoms with Crippen LogP contribution < -0.4 is 9.47 Å². The maximum absolute atomic E-state index is 5.26. The molecule has 2 aromatic rings. The van der Waals surface area contributed by atoms with Gasteiger partial charge in [0.25, 0.3) is 0 Å². The number of hydrogen-bond acceptors (Lipinski definition) is 4. The molecule has 0 aliphatic carbocycles. The molecule has 0 bridgehead atoms. The molecule has 5 heteroatoms. The summed E-state index contributed by atoms with van der Waals surface area (Å²) in [6.07, 6.45) is 1.71. The van der Waals surface area contributed by atoms with Gasteiger partial charge >= 0.3 is 0 Å². The van der Waals surface area contributed by atoms with Crippen LogP contribution in [0.2, 0.25) is 0 Å². The van der Waals surface area contributed by atoms with E-state index in [-0.39, 0.29) is 0 Å². The molecule has 14 heavy (non-hydrogen) atoms. The zero-order valence-electron chi connectivity index (χ0n) is 8.10. The van der Waals surface area contributed by atoms with Crippen LogP contribution in [-0.2, 0) is 0 Å². The monoisotopic (exact) mass is 193 g/mol. The quantitative estimate of drug-likeness (QED) is 0.733. The summed E-state index contributed by atoms with van der Waals surface area (Å²) in [6.45, 7) is 2.52. The van der Waals surface area contributed by atoms with Crippen LogP contribution >= 0.6 is 0 Å². The summed E-state index contributed by atoms with van der Waals surface area (Å²) >= 11 is 0. The third-order valence-electron chi connectivity index (χ3n) is 1.77. The number of ether oxygens (including phenoxy) is 2. The van der Waals surface area contributed by atoms with Gasteiger partial charge in [0.05, 0.1) is 19.9 Å². The predicted molar refractivity (Wildman–Crippen MR) is 50.7 cm³/mol. The molecule has 0 saturated heterocycles. The van der Waals surface area contributed by atoms with Gasteiger partial charge in [0.2, 0.25) is 11.8 Å². The number of methoxy groups -OCH3 is 1. The first-order valence-electron chi connectivity index (χ1n) is 4.36. The van der Waals surface area contributed by atoms with Gasteiger partial charge in [-0.1, -0.05) is 0 Å². The van der Waals surface area contributed by atoms with Gasteiger partial charge in [0.15, 0.2) is 5.65 Å². The molecule has 0 radical (unpaired) electrons. The number of imidazole rings is 1. The van der Waals surface area contributed by atoms with E-state index in [1.54, 1.807) is 23.9 Å². The molecule has 0 spiro atoms. The minimum atomic E-state index is 0.547. The summed E-state index contributed by atoms with van der Waals surface area (Å²) in [4.78, 5) is 4.16. The van der Waals surface area contributed by atoms with Gasteiger partial charge in [-0.2, -0.15) is 4.98 Å². The van der Waals surface area contributed by atoms with Crippen LogP contribution in [0.5, 0.6) is 11.8 Å². The van der Waals surface area contributed by atoms with E-state index in [1.807, 2.05) is 13.0 Å². The molecular weight excluding hydrogens is 182 g/mol. The van der Waals surface area contributed by atoms with E-state index in [4.69, 9.17) is 9.47 Å². The van der Waals surface area contributed by atoms with Crippen LogP contribution in [0.25, 0.3) is 5.65 Å². The molecule has 0 N–H and O–H groups in total. The van der Waals surface area contributed by atoms with Gasteiger partial charge in [-0.05, 0) is 13.0 Å². The Hall–Kier alpha value is -1.78. The summed E-state index contributed by atoms with van der Waals surface area (Å²) in [5.41, 5.74) is 0.741. The summed E-state index contributed by atoms with van der Waals surface area (Å²) < 4.78 is 11.9. The largest absolute Gasteiger partial charge is 0.480 e. The van der Waals surface area contributed by atoms with Crippen LogP contribution in [0.1, 0.15) is 6.92 Å². The van der Waals surface area contributed by atoms with Crippen LogP contribution in [-0.4, -0.2) is 28.3 Å². The minimum absolute atomic E-state index is 0.547. The van der Waals surface area contributed by atoms with Gasteiger partial charge in [-0.3, -0.25) is 0 Å². The van der Waals surface area contributed by atoms with Crippen LogP contribution in [0.15, 0.2) is 18.3 Å². The van der Waals surface area contributed by atoms with E-state index >= 15 is 0 Å². The van der Waals surface area contributed by atoms with Crippen molar-refractivity contribution in [3.63, 3.8) is 0 Å². The summed E-state index contributed by atoms with van der Waals surface area (Å²) in [5.74, 6) is 1.13. The Kier molecular flexibility index (Phi) is 2.22. The lowest BCUT2D eigenvalue weighted by Gasteiger charge is -2.00. The fourth-order valence-corrected chi connectivity index (χ4v) is 1.17. The molecule has 5 nitrogen and oxygen atoms in total. The number of fused-ring (bicyclic) bond motifs is 1. The zero-order chi connectivity index (χ0) is 9.97. The van der Waals surface area contributed by atoms with Gasteiger partial charge in [-0.15, -0.1) is 5.10 Å². The fraction of sp³-hybridized carbons (Fsp3) is 0.333. The number of hydrogen-bond donors (Lipinski definition) is 0. The molecule has 2 rings (SSSR count). The Morgan fingerprint density at radius 1 is 1.36 bits per heavy atom. The standard InChI is InChI=1S/C9H11N3O2/c1-3-14-8-5-4-7-10-9(13-2)6-12(7)11-8/h4-6H,3H2,1-2H3. The molecule has 0 fully saturated rings. The van der Waals surface area contributed by atoms with E-state index in [2.05, 4.69) is 10.1 Å². The van der Waals surface area contributed by atoms with E-state index in [0.29, 0.717) is 18.4 Å². The average Bonchev–Trinajstić information content (AvgIpc) is 2.60. The Balaban J connectivity index is 2.43. The third-order valence-corrected chi connectivity index (χ3v) is 1.77. The van der Waals surface area contributed by atoms with E-state index in [9.17, 15) is 0 Å². The van der Waals surface area contributed by atoms with Crippen molar-refractivity contribution >= 4 is 5.65 Å². The topological polar surface area (TPSA) is 48.7 Å². The Morgan fingerprint density at radius 2 is 2.21 bits per heavy atom. The first-order chi connectivity index (χ1) is 6.83. The molecule has 2 heterocycles. The van der Waals surface area contributed by atoms with Crippen LogP contribution in [0, 0.1) is 0 Å². The molecule has 2 aromatic heterocycles. The van der Waals surface area contributed by atoms with E-state index in [1.165, 1.54) is 0 Å². The maximum Gasteiger partial charge on any atom is 0.234 e. The lowest BCUT2D eigenvalue weighted by molar-refractivity contribution is 0.321. The van der Waals surface area contributed by atoms with Crippen molar-refractivity contribution in [3.05, 3.63) is 18.3 Å². The second kappa shape index (κ2) is 3.53. The van der Waals surface area contributed by atoms with Gasteiger partial charge < -0.3 is 9.47 Å². The zero-order valence-corrected chi connectivity index (χ0v) is 8.10. The lowest BCUT2D eigenvalue weighted by Crippen LogP contribution is -1.98. The second-order valence-electron chi connectivity index (χ2n) is 2.69. The van der Waals surface area contributed by atoms with Crippen molar-refractivity contribution in [2.24, 2.45) is 0 Å². The Morgan fingerprint density at radius 3 is 2.93 bits per heavy atom. The third kappa shape index (κ3) is 1.48. The maximum atomic E-state index is 5.26. The Labute approximate surface area is 81.3 Å². The van der Waals surface area contributed by atoms with Crippen molar-refractivity contribution in [2.75, 3.05) is 13.7 Å². The van der Waals surface area contributed by atoms with E-state index < -0.39 is 0 Å². The van der Waals surface area contributed by atoms with Crippen molar-refractivity contribution in [1.82, 2.24) is 14.6 Å². The van der Waals surface area contributed by atoms with Crippen molar-refractivity contribution in [1.29, 1.82) is 0 Å². The molecule has 0 aromatic carbocycles. The highest BCUT2D eigenvalue weighted by molar-refractivity contribution is 5.41. The van der Waals surface area contributed by atoms with Gasteiger partial charge in [-0.25, -0.2) is 4.52 Å². The van der Waals surface area contributed by atoms with Gasteiger partial charge in [0.1, 0.15) is 0 Å². The highest BCUT2D eigenvalue weighted by Crippen LogP contribution is 2.13. The molecule has 0 amide bonds. The van der Waals surface area contributed by atoms with Crippen molar-refractivity contribution in [3.8, 4) is 11.8 Å². The van der Waals surface area contributed by atoms with Crippen LogP contribution in [0.4, 0.5) is 0 Å². The van der Waals surface area contributed by atoms with Crippen LogP contribution in [0.3, 0.4) is 0 Å². The normalized spacial score (nSPS) is 10.4. The lowest BCUT2D eigenvalue weighted by atomic mass is 10.5. The molecule has 0 saturated carbocycles.